The van der Waals surface area contributed by atoms with Crippen LogP contribution < -0.4 is 5.32 Å². The number of nitrogens with zero attached hydrogens (tertiary/aromatic N) is 3. The first-order valence-corrected chi connectivity index (χ1v) is 9.02. The number of benzene rings is 1. The average Bonchev–Trinajstić information content (AvgIpc) is 3.12. The van der Waals surface area contributed by atoms with Crippen LogP contribution in [0.5, 0.6) is 0 Å². The minimum atomic E-state index is -0.276. The molecule has 0 aliphatic carbocycles. The number of piperidine rings is 1. The lowest BCUT2D eigenvalue weighted by atomic mass is 10.1. The number of anilines is 1. The topological polar surface area (TPSA) is 75.2 Å². The van der Waals surface area contributed by atoms with Crippen molar-refractivity contribution in [2.75, 3.05) is 18.4 Å². The molecule has 1 N–H and O–H groups in total. The van der Waals surface area contributed by atoms with Crippen LogP contribution in [0.4, 0.5) is 5.69 Å². The summed E-state index contributed by atoms with van der Waals surface area (Å²) in [6.45, 7) is 3.63. The van der Waals surface area contributed by atoms with Crippen molar-refractivity contribution in [3.05, 3.63) is 39.8 Å². The van der Waals surface area contributed by atoms with Gasteiger partial charge in [-0.1, -0.05) is 18.3 Å². The minimum absolute atomic E-state index is 0.0595. The molecule has 2 amide bonds. The number of aromatic nitrogens is 2. The number of rotatable bonds is 4. The van der Waals surface area contributed by atoms with E-state index in [1.165, 1.54) is 17.8 Å². The van der Waals surface area contributed by atoms with Crippen molar-refractivity contribution < 1.29 is 9.59 Å². The van der Waals surface area contributed by atoms with Gasteiger partial charge in [-0.25, -0.2) is 0 Å². The van der Waals surface area contributed by atoms with Gasteiger partial charge >= 0.3 is 0 Å². The van der Waals surface area contributed by atoms with Gasteiger partial charge in [0.1, 0.15) is 5.01 Å². The lowest BCUT2D eigenvalue weighted by Crippen LogP contribution is -2.35. The average molecular weight is 344 g/mol. The predicted octanol–water partition coefficient (Wildman–Crippen LogP) is 2.98. The van der Waals surface area contributed by atoms with Gasteiger partial charge in [0.2, 0.25) is 5.01 Å². The quantitative estimate of drug-likeness (QED) is 0.925. The van der Waals surface area contributed by atoms with Crippen molar-refractivity contribution in [3.8, 4) is 0 Å². The number of nitrogens with one attached hydrogen (secondary N) is 1. The molecule has 126 valence electrons. The van der Waals surface area contributed by atoms with E-state index in [1.807, 2.05) is 11.8 Å². The van der Waals surface area contributed by atoms with Crippen LogP contribution in [-0.2, 0) is 6.42 Å². The summed E-state index contributed by atoms with van der Waals surface area (Å²) in [7, 11) is 0. The summed E-state index contributed by atoms with van der Waals surface area (Å²) in [5.41, 5.74) is 1.29. The van der Waals surface area contributed by atoms with Gasteiger partial charge < -0.3 is 10.2 Å². The molecule has 2 heterocycles. The minimum Gasteiger partial charge on any atom is -0.339 e. The Labute approximate surface area is 144 Å². The van der Waals surface area contributed by atoms with Crippen LogP contribution in [0.1, 0.15) is 51.4 Å². The van der Waals surface area contributed by atoms with Gasteiger partial charge in [-0.3, -0.25) is 9.59 Å². The maximum absolute atomic E-state index is 12.4. The third-order valence-corrected chi connectivity index (χ3v) is 5.06. The maximum atomic E-state index is 12.4. The zero-order valence-electron chi connectivity index (χ0n) is 13.6. The molecule has 2 aromatic rings. The Bertz CT molecular complexity index is 720. The Morgan fingerprint density at radius 1 is 1.12 bits per heavy atom. The number of amides is 2. The fourth-order valence-corrected chi connectivity index (χ4v) is 3.32. The van der Waals surface area contributed by atoms with Crippen LogP contribution in [0.3, 0.4) is 0 Å². The standard InChI is InChI=1S/C17H20N4O2S/c1-2-14-19-20-16(24-14)15(22)18-13-8-6-12(7-9-13)17(23)21-10-4-3-5-11-21/h6-9H,2-5,10-11H2,1H3,(H,18,22). The van der Waals surface area contributed by atoms with Crippen LogP contribution in [0.2, 0.25) is 0 Å². The zero-order valence-corrected chi connectivity index (χ0v) is 14.4. The van der Waals surface area contributed by atoms with E-state index in [1.54, 1.807) is 24.3 Å². The van der Waals surface area contributed by atoms with Crippen molar-refractivity contribution >= 4 is 28.8 Å². The SMILES string of the molecule is CCc1nnc(C(=O)Nc2ccc(C(=O)N3CCCCC3)cc2)s1. The highest BCUT2D eigenvalue weighted by Gasteiger charge is 2.18. The Hall–Kier alpha value is -2.28. The van der Waals surface area contributed by atoms with Crippen LogP contribution in [0, 0.1) is 0 Å². The van der Waals surface area contributed by atoms with E-state index < -0.39 is 0 Å². The van der Waals surface area contributed by atoms with Crippen molar-refractivity contribution in [2.45, 2.75) is 32.6 Å². The number of aryl methyl sites for hydroxylation is 1. The van der Waals surface area contributed by atoms with E-state index >= 15 is 0 Å². The lowest BCUT2D eigenvalue weighted by Gasteiger charge is -2.26. The molecule has 0 radical (unpaired) electrons. The highest BCUT2D eigenvalue weighted by molar-refractivity contribution is 7.13. The molecule has 1 aliphatic heterocycles. The molecule has 1 aliphatic rings. The molecular weight excluding hydrogens is 324 g/mol. The number of hydrogen-bond acceptors (Lipinski definition) is 5. The van der Waals surface area contributed by atoms with Gasteiger partial charge in [-0.2, -0.15) is 0 Å². The Morgan fingerprint density at radius 3 is 2.46 bits per heavy atom. The molecule has 7 heteroatoms. The summed E-state index contributed by atoms with van der Waals surface area (Å²) in [4.78, 5) is 26.4. The molecule has 3 rings (SSSR count). The normalized spacial score (nSPS) is 14.5. The molecular formula is C17H20N4O2S. The van der Waals surface area contributed by atoms with Gasteiger partial charge in [-0.15, -0.1) is 10.2 Å². The second kappa shape index (κ2) is 7.53. The molecule has 1 aromatic heterocycles. The fourth-order valence-electron chi connectivity index (χ4n) is 2.65. The zero-order chi connectivity index (χ0) is 16.9. The van der Waals surface area contributed by atoms with Crippen LogP contribution in [0.15, 0.2) is 24.3 Å². The van der Waals surface area contributed by atoms with Crippen LogP contribution in [0.25, 0.3) is 0 Å². The Kier molecular flexibility index (Phi) is 5.20. The van der Waals surface area contributed by atoms with Crippen molar-refractivity contribution in [1.29, 1.82) is 0 Å². The Balaban J connectivity index is 1.63. The number of carbonyl (C=O) groups is 2. The van der Waals surface area contributed by atoms with E-state index in [0.29, 0.717) is 16.3 Å². The first-order valence-electron chi connectivity index (χ1n) is 8.20. The molecule has 6 nitrogen and oxygen atoms in total. The molecule has 0 spiro atoms. The molecule has 1 fully saturated rings. The maximum Gasteiger partial charge on any atom is 0.286 e. The highest BCUT2D eigenvalue weighted by Crippen LogP contribution is 2.17. The van der Waals surface area contributed by atoms with Crippen LogP contribution in [-0.4, -0.2) is 40.0 Å². The third-order valence-electron chi connectivity index (χ3n) is 4.00. The van der Waals surface area contributed by atoms with E-state index in [4.69, 9.17) is 0 Å². The summed E-state index contributed by atoms with van der Waals surface area (Å²) in [5, 5.41) is 11.8. The first kappa shape index (κ1) is 16.6. The number of likely N-dealkylation sites (tertiary alicyclic amines) is 1. The van der Waals surface area contributed by atoms with Gasteiger partial charge in [0, 0.05) is 24.3 Å². The smallest absolute Gasteiger partial charge is 0.286 e. The van der Waals surface area contributed by atoms with Gasteiger partial charge in [0.15, 0.2) is 0 Å². The lowest BCUT2D eigenvalue weighted by molar-refractivity contribution is 0.0724. The molecule has 0 atom stereocenters. The van der Waals surface area contributed by atoms with Crippen molar-refractivity contribution in [3.63, 3.8) is 0 Å². The van der Waals surface area contributed by atoms with Gasteiger partial charge in [0.25, 0.3) is 11.8 Å². The largest absolute Gasteiger partial charge is 0.339 e. The second-order valence-electron chi connectivity index (χ2n) is 5.74. The van der Waals surface area contributed by atoms with Gasteiger partial charge in [-0.05, 0) is 49.9 Å². The van der Waals surface area contributed by atoms with E-state index in [2.05, 4.69) is 15.5 Å². The summed E-state index contributed by atoms with van der Waals surface area (Å²) < 4.78 is 0. The monoisotopic (exact) mass is 344 g/mol. The Morgan fingerprint density at radius 2 is 1.83 bits per heavy atom. The van der Waals surface area contributed by atoms with E-state index in [-0.39, 0.29) is 11.8 Å². The fraction of sp³-hybridized carbons (Fsp3) is 0.412. The van der Waals surface area contributed by atoms with Gasteiger partial charge in [0.05, 0.1) is 0 Å². The van der Waals surface area contributed by atoms with E-state index in [9.17, 15) is 9.59 Å². The summed E-state index contributed by atoms with van der Waals surface area (Å²) in [5.74, 6) is -0.216. The van der Waals surface area contributed by atoms with Crippen molar-refractivity contribution in [2.24, 2.45) is 0 Å². The number of hydrogen-bond donors (Lipinski definition) is 1. The number of carbonyl (C=O) groups excluding carboxylic acids is 2. The predicted molar refractivity (Wildman–Crippen MR) is 93.4 cm³/mol. The molecule has 24 heavy (non-hydrogen) atoms. The summed E-state index contributed by atoms with van der Waals surface area (Å²) in [6.07, 6.45) is 4.10. The highest BCUT2D eigenvalue weighted by atomic mass is 32.1. The summed E-state index contributed by atoms with van der Waals surface area (Å²) in [6, 6.07) is 7.00. The molecule has 1 saturated heterocycles. The second-order valence-corrected chi connectivity index (χ2v) is 6.80. The third kappa shape index (κ3) is 3.79. The first-order chi connectivity index (χ1) is 11.7. The summed E-state index contributed by atoms with van der Waals surface area (Å²) >= 11 is 1.29. The van der Waals surface area contributed by atoms with Crippen LogP contribution >= 0.6 is 11.3 Å². The molecule has 0 bridgehead atoms. The molecule has 0 saturated carbocycles. The molecule has 0 unspecified atom stereocenters. The van der Waals surface area contributed by atoms with E-state index in [0.717, 1.165) is 37.4 Å². The van der Waals surface area contributed by atoms with Crippen molar-refractivity contribution in [1.82, 2.24) is 15.1 Å². The molecule has 1 aromatic carbocycles.